The summed E-state index contributed by atoms with van der Waals surface area (Å²) in [6.07, 6.45) is 0.822. The minimum absolute atomic E-state index is 0.0409. The molecule has 1 fully saturated rings. The van der Waals surface area contributed by atoms with E-state index in [2.05, 4.69) is 4.90 Å². The van der Waals surface area contributed by atoms with E-state index in [4.69, 9.17) is 21.1 Å². The molecule has 1 aromatic rings. The summed E-state index contributed by atoms with van der Waals surface area (Å²) in [5, 5.41) is 0.583. The molecule has 0 N–H and O–H groups in total. The topological polar surface area (TPSA) is 38.8 Å². The number of nitrogens with zero attached hydrogens (tertiary/aromatic N) is 1. The number of esters is 1. The lowest BCUT2D eigenvalue weighted by atomic mass is 10.1. The highest BCUT2D eigenvalue weighted by Crippen LogP contribution is 2.31. The quantitative estimate of drug-likeness (QED) is 0.797. The Bertz CT molecular complexity index is 464. The third kappa shape index (κ3) is 3.13. The van der Waals surface area contributed by atoms with Gasteiger partial charge in [0, 0.05) is 18.8 Å². The van der Waals surface area contributed by atoms with E-state index in [1.807, 2.05) is 25.1 Å². The van der Waals surface area contributed by atoms with E-state index in [1.54, 1.807) is 7.11 Å². The lowest BCUT2D eigenvalue weighted by Gasteiger charge is -2.19. The van der Waals surface area contributed by atoms with Crippen LogP contribution >= 0.6 is 11.6 Å². The van der Waals surface area contributed by atoms with Crippen molar-refractivity contribution in [1.29, 1.82) is 0 Å². The van der Waals surface area contributed by atoms with Gasteiger partial charge in [0.15, 0.2) is 0 Å². The molecule has 1 aromatic carbocycles. The number of methoxy groups -OCH3 is 1. The highest BCUT2D eigenvalue weighted by molar-refractivity contribution is 6.32. The predicted octanol–water partition coefficient (Wildman–Crippen LogP) is 2.74. The molecule has 0 aromatic heterocycles. The number of halogens is 1. The van der Waals surface area contributed by atoms with Crippen LogP contribution in [0.4, 0.5) is 5.69 Å². The molecule has 1 heterocycles. The van der Waals surface area contributed by atoms with Gasteiger partial charge in [0.2, 0.25) is 0 Å². The monoisotopic (exact) mass is 283 g/mol. The highest BCUT2D eigenvalue weighted by atomic mass is 35.5. The van der Waals surface area contributed by atoms with Crippen LogP contribution < -0.4 is 9.64 Å². The molecule has 0 aliphatic carbocycles. The van der Waals surface area contributed by atoms with Gasteiger partial charge in [0.05, 0.1) is 24.7 Å². The van der Waals surface area contributed by atoms with E-state index >= 15 is 0 Å². The first-order valence-electron chi connectivity index (χ1n) is 6.40. The maximum absolute atomic E-state index is 11.7. The minimum Gasteiger partial charge on any atom is -0.495 e. The van der Waals surface area contributed by atoms with E-state index in [0.29, 0.717) is 23.9 Å². The molecular formula is C14H18ClNO3. The van der Waals surface area contributed by atoms with Gasteiger partial charge in [-0.2, -0.15) is 0 Å². The van der Waals surface area contributed by atoms with Gasteiger partial charge < -0.3 is 14.4 Å². The number of carbonyl (C=O) groups excluding carboxylic acids is 1. The maximum atomic E-state index is 11.7. The zero-order valence-corrected chi connectivity index (χ0v) is 11.9. The van der Waals surface area contributed by atoms with E-state index in [-0.39, 0.29) is 11.9 Å². The fraction of sp³-hybridized carbons (Fsp3) is 0.500. The van der Waals surface area contributed by atoms with E-state index < -0.39 is 0 Å². The molecule has 0 spiro atoms. The Morgan fingerprint density at radius 1 is 1.53 bits per heavy atom. The molecule has 0 amide bonds. The summed E-state index contributed by atoms with van der Waals surface area (Å²) in [6, 6.07) is 5.67. The molecule has 4 nitrogen and oxygen atoms in total. The third-order valence-corrected chi connectivity index (χ3v) is 3.60. The molecule has 0 bridgehead atoms. The molecule has 1 aliphatic rings. The second-order valence-electron chi connectivity index (χ2n) is 4.50. The summed E-state index contributed by atoms with van der Waals surface area (Å²) in [7, 11) is 1.59. The zero-order valence-electron chi connectivity index (χ0n) is 11.2. The fourth-order valence-corrected chi connectivity index (χ4v) is 2.55. The summed E-state index contributed by atoms with van der Waals surface area (Å²) >= 11 is 6.11. The van der Waals surface area contributed by atoms with Gasteiger partial charge >= 0.3 is 5.97 Å². The van der Waals surface area contributed by atoms with Crippen LogP contribution in [0, 0.1) is 5.92 Å². The fourth-order valence-electron chi connectivity index (χ4n) is 2.30. The van der Waals surface area contributed by atoms with Crippen molar-refractivity contribution in [3.63, 3.8) is 0 Å². The Kier molecular flexibility index (Phi) is 4.53. The van der Waals surface area contributed by atoms with Crippen LogP contribution in [0.2, 0.25) is 5.02 Å². The Morgan fingerprint density at radius 2 is 2.32 bits per heavy atom. The number of anilines is 1. The molecule has 1 atom stereocenters. The van der Waals surface area contributed by atoms with Crippen molar-refractivity contribution >= 4 is 23.3 Å². The lowest BCUT2D eigenvalue weighted by molar-refractivity contribution is -0.147. The smallest absolute Gasteiger partial charge is 0.310 e. The second kappa shape index (κ2) is 6.15. The van der Waals surface area contributed by atoms with Gasteiger partial charge in [-0.3, -0.25) is 4.79 Å². The summed E-state index contributed by atoms with van der Waals surface area (Å²) in [6.45, 7) is 3.78. The van der Waals surface area contributed by atoms with Gasteiger partial charge in [0.25, 0.3) is 0 Å². The molecule has 0 saturated carbocycles. The molecule has 104 valence electrons. The molecule has 1 unspecified atom stereocenters. The van der Waals surface area contributed by atoms with Gasteiger partial charge in [-0.1, -0.05) is 11.6 Å². The van der Waals surface area contributed by atoms with Gasteiger partial charge in [-0.15, -0.1) is 0 Å². The average Bonchev–Trinajstić information content (AvgIpc) is 2.88. The Balaban J connectivity index is 2.04. The first-order chi connectivity index (χ1) is 9.15. The average molecular weight is 284 g/mol. The molecule has 1 saturated heterocycles. The lowest BCUT2D eigenvalue weighted by Crippen LogP contribution is -2.24. The van der Waals surface area contributed by atoms with Crippen molar-refractivity contribution in [1.82, 2.24) is 0 Å². The van der Waals surface area contributed by atoms with Crippen LogP contribution in [0.5, 0.6) is 5.75 Å². The number of hydrogen-bond donors (Lipinski definition) is 0. The van der Waals surface area contributed by atoms with Crippen molar-refractivity contribution in [2.24, 2.45) is 5.92 Å². The van der Waals surface area contributed by atoms with Crippen molar-refractivity contribution in [2.45, 2.75) is 13.3 Å². The zero-order chi connectivity index (χ0) is 13.8. The molecule has 0 radical (unpaired) electrons. The van der Waals surface area contributed by atoms with Crippen molar-refractivity contribution < 1.29 is 14.3 Å². The number of carbonyl (C=O) groups is 1. The van der Waals surface area contributed by atoms with E-state index in [0.717, 1.165) is 18.7 Å². The van der Waals surface area contributed by atoms with Crippen LogP contribution in [0.3, 0.4) is 0 Å². The Morgan fingerprint density at radius 3 is 2.95 bits per heavy atom. The molecule has 2 rings (SSSR count). The summed E-state index contributed by atoms with van der Waals surface area (Å²) in [5.74, 6) is 0.511. The summed E-state index contributed by atoms with van der Waals surface area (Å²) in [5.41, 5.74) is 1.01. The second-order valence-corrected chi connectivity index (χ2v) is 4.91. The normalized spacial score (nSPS) is 18.5. The van der Waals surface area contributed by atoms with Crippen molar-refractivity contribution in [2.75, 3.05) is 31.7 Å². The van der Waals surface area contributed by atoms with Gasteiger partial charge in [-0.25, -0.2) is 0 Å². The molecule has 19 heavy (non-hydrogen) atoms. The Labute approximate surface area is 118 Å². The van der Waals surface area contributed by atoms with Crippen LogP contribution in [0.25, 0.3) is 0 Å². The minimum atomic E-state index is -0.107. The molecule has 5 heteroatoms. The third-order valence-electron chi connectivity index (χ3n) is 3.31. The highest BCUT2D eigenvalue weighted by Gasteiger charge is 2.29. The summed E-state index contributed by atoms with van der Waals surface area (Å²) < 4.78 is 10.2. The van der Waals surface area contributed by atoms with E-state index in [9.17, 15) is 4.79 Å². The standard InChI is InChI=1S/C14H18ClNO3/c1-3-19-14(17)10-6-7-16(9-10)11-4-5-13(18-2)12(15)8-11/h4-5,8,10H,3,6-7,9H2,1-2H3. The largest absolute Gasteiger partial charge is 0.495 e. The number of ether oxygens (including phenoxy) is 2. The van der Waals surface area contributed by atoms with Gasteiger partial charge in [0.1, 0.15) is 5.75 Å². The number of benzene rings is 1. The van der Waals surface area contributed by atoms with Crippen LogP contribution in [-0.2, 0) is 9.53 Å². The van der Waals surface area contributed by atoms with Crippen molar-refractivity contribution in [3.8, 4) is 5.75 Å². The molecular weight excluding hydrogens is 266 g/mol. The SMILES string of the molecule is CCOC(=O)C1CCN(c2ccc(OC)c(Cl)c2)C1. The van der Waals surface area contributed by atoms with Crippen LogP contribution in [-0.4, -0.2) is 32.8 Å². The van der Waals surface area contributed by atoms with Crippen LogP contribution in [0.1, 0.15) is 13.3 Å². The molecule has 1 aliphatic heterocycles. The van der Waals surface area contributed by atoms with Crippen LogP contribution in [0.15, 0.2) is 18.2 Å². The number of hydrogen-bond acceptors (Lipinski definition) is 4. The van der Waals surface area contributed by atoms with E-state index in [1.165, 1.54) is 0 Å². The number of rotatable bonds is 4. The first-order valence-corrected chi connectivity index (χ1v) is 6.78. The van der Waals surface area contributed by atoms with Gasteiger partial charge in [-0.05, 0) is 31.5 Å². The predicted molar refractivity (Wildman–Crippen MR) is 75.0 cm³/mol. The maximum Gasteiger partial charge on any atom is 0.310 e. The summed E-state index contributed by atoms with van der Waals surface area (Å²) in [4.78, 5) is 13.8. The first kappa shape index (κ1) is 14.0. The Hall–Kier alpha value is -1.42. The van der Waals surface area contributed by atoms with Crippen molar-refractivity contribution in [3.05, 3.63) is 23.2 Å².